The number of anilines is 3. The van der Waals surface area contributed by atoms with Gasteiger partial charge in [-0.25, -0.2) is 0 Å². The molecule has 1 rings (SSSR count). The zero-order valence-corrected chi connectivity index (χ0v) is 6.71. The average Bonchev–Trinajstić information content (AvgIpc) is 1.85. The topological polar surface area (TPSA) is 93.9 Å². The van der Waals surface area contributed by atoms with Crippen LogP contribution in [0.5, 0.6) is 0 Å². The molecule has 4 N–H and O–H groups in total. The summed E-state index contributed by atoms with van der Waals surface area (Å²) in [7, 11) is 0. The van der Waals surface area contributed by atoms with E-state index in [9.17, 15) is 0 Å². The first-order chi connectivity index (χ1) is 5.09. The van der Waals surface area contributed by atoms with E-state index in [0.29, 0.717) is 3.94 Å². The molecule has 0 amide bonds. The van der Waals surface area contributed by atoms with Crippen molar-refractivity contribution in [3.05, 3.63) is 0 Å². The van der Waals surface area contributed by atoms with E-state index in [1.54, 1.807) is 0 Å². The zero-order valence-electron chi connectivity index (χ0n) is 5.20. The molecule has 0 fully saturated rings. The second-order valence-corrected chi connectivity index (χ2v) is 2.43. The Kier molecular flexibility index (Phi) is 2.16. The van der Waals surface area contributed by atoms with E-state index in [-0.39, 0.29) is 17.8 Å². The van der Waals surface area contributed by atoms with Gasteiger partial charge in [-0.1, -0.05) is 0 Å². The third-order valence-electron chi connectivity index (χ3n) is 0.809. The third-order valence-corrected chi connectivity index (χ3v) is 1.11. The Labute approximate surface area is 72.4 Å². The van der Waals surface area contributed by atoms with Crippen molar-refractivity contribution in [3.8, 4) is 0 Å². The molecule has 1 aromatic heterocycles. The molecule has 8 heteroatoms. The van der Waals surface area contributed by atoms with Crippen molar-refractivity contribution >= 4 is 41.4 Å². The number of nitrogens with zero attached hydrogens (tertiary/aromatic N) is 4. The highest BCUT2D eigenvalue weighted by Crippen LogP contribution is 2.13. The van der Waals surface area contributed by atoms with E-state index in [4.69, 9.17) is 35.0 Å². The number of rotatable bonds is 1. The van der Waals surface area contributed by atoms with Crippen LogP contribution >= 0.6 is 23.6 Å². The number of hydrogen-bond donors (Lipinski definition) is 2. The van der Waals surface area contributed by atoms with Crippen molar-refractivity contribution in [2.45, 2.75) is 0 Å². The summed E-state index contributed by atoms with van der Waals surface area (Å²) >= 11 is 10.6. The van der Waals surface area contributed by atoms with Crippen molar-refractivity contribution in [2.24, 2.45) is 0 Å². The third kappa shape index (κ3) is 1.95. The molecule has 0 aliphatic heterocycles. The summed E-state index contributed by atoms with van der Waals surface area (Å²) in [6.07, 6.45) is 0. The highest BCUT2D eigenvalue weighted by molar-refractivity contribution is 6.48. The van der Waals surface area contributed by atoms with Crippen LogP contribution in [0.25, 0.3) is 0 Å². The fourth-order valence-corrected chi connectivity index (χ4v) is 0.624. The Morgan fingerprint density at radius 2 is 1.45 bits per heavy atom. The zero-order chi connectivity index (χ0) is 8.43. The Hall–Kier alpha value is -1.01. The van der Waals surface area contributed by atoms with Crippen LogP contribution in [-0.4, -0.2) is 15.0 Å². The maximum atomic E-state index is 5.28. The highest BCUT2D eigenvalue weighted by atomic mass is 35.5. The highest BCUT2D eigenvalue weighted by Gasteiger charge is 2.05. The standard InChI is InChI=1S/C3H4Cl2N6/c4-11(5)3-9-1(6)8-2(7)10-3/h(H4,6,7,8,9,10). The summed E-state index contributed by atoms with van der Waals surface area (Å²) in [6, 6.07) is 0. The van der Waals surface area contributed by atoms with Gasteiger partial charge in [0.25, 0.3) is 5.95 Å². The fraction of sp³-hybridized carbons (Fsp3) is 0. The van der Waals surface area contributed by atoms with E-state index in [1.807, 2.05) is 0 Å². The predicted octanol–water partition coefficient (Wildman–Crippen LogP) is 0.150. The maximum absolute atomic E-state index is 5.28. The van der Waals surface area contributed by atoms with Crippen molar-refractivity contribution in [2.75, 3.05) is 15.4 Å². The van der Waals surface area contributed by atoms with Crippen molar-refractivity contribution in [3.63, 3.8) is 0 Å². The monoisotopic (exact) mass is 194 g/mol. The SMILES string of the molecule is Nc1nc(N)nc(N(Cl)Cl)n1. The van der Waals surface area contributed by atoms with Crippen LogP contribution < -0.4 is 15.4 Å². The lowest BCUT2D eigenvalue weighted by atomic mass is 10.8. The molecule has 11 heavy (non-hydrogen) atoms. The first-order valence-electron chi connectivity index (χ1n) is 2.48. The predicted molar refractivity (Wildman–Crippen MR) is 42.8 cm³/mol. The molecule has 1 heterocycles. The Bertz CT molecular complexity index is 242. The Morgan fingerprint density at radius 1 is 1.00 bits per heavy atom. The van der Waals surface area contributed by atoms with Crippen LogP contribution in [0.15, 0.2) is 0 Å². The molecule has 0 saturated carbocycles. The second kappa shape index (κ2) is 2.93. The van der Waals surface area contributed by atoms with Gasteiger partial charge in [0, 0.05) is 23.6 Å². The van der Waals surface area contributed by atoms with Gasteiger partial charge in [0.15, 0.2) is 0 Å². The molecule has 0 aliphatic rings. The first-order valence-corrected chi connectivity index (χ1v) is 3.16. The molecule has 6 nitrogen and oxygen atoms in total. The number of nitrogen functional groups attached to an aromatic ring is 2. The molecule has 0 aromatic carbocycles. The van der Waals surface area contributed by atoms with Crippen LogP contribution in [0.3, 0.4) is 0 Å². The number of halogens is 2. The number of hydrogen-bond acceptors (Lipinski definition) is 6. The molecule has 0 unspecified atom stereocenters. The van der Waals surface area contributed by atoms with Gasteiger partial charge in [-0.05, 0) is 0 Å². The molecule has 0 saturated heterocycles. The van der Waals surface area contributed by atoms with Gasteiger partial charge < -0.3 is 11.5 Å². The van der Waals surface area contributed by atoms with Crippen LogP contribution in [0.1, 0.15) is 0 Å². The van der Waals surface area contributed by atoms with E-state index in [0.717, 1.165) is 0 Å². The van der Waals surface area contributed by atoms with Crippen LogP contribution in [-0.2, 0) is 0 Å². The van der Waals surface area contributed by atoms with Crippen molar-refractivity contribution in [1.82, 2.24) is 15.0 Å². The van der Waals surface area contributed by atoms with E-state index in [2.05, 4.69) is 15.0 Å². The molecule has 0 bridgehead atoms. The van der Waals surface area contributed by atoms with Crippen LogP contribution in [0.4, 0.5) is 17.8 Å². The summed E-state index contributed by atoms with van der Waals surface area (Å²) < 4.78 is 0.647. The Balaban J connectivity index is 3.08. The lowest BCUT2D eigenvalue weighted by molar-refractivity contribution is 1.07. The molecular formula is C3H4Cl2N6. The van der Waals surface area contributed by atoms with E-state index >= 15 is 0 Å². The molecule has 0 radical (unpaired) electrons. The van der Waals surface area contributed by atoms with Crippen LogP contribution in [0, 0.1) is 0 Å². The first kappa shape index (κ1) is 8.09. The quantitative estimate of drug-likeness (QED) is 0.619. The van der Waals surface area contributed by atoms with Gasteiger partial charge in [0.2, 0.25) is 11.9 Å². The maximum Gasteiger partial charge on any atom is 0.262 e. The van der Waals surface area contributed by atoms with Gasteiger partial charge in [-0.3, -0.25) is 0 Å². The minimum Gasteiger partial charge on any atom is -0.368 e. The normalized spacial score (nSPS) is 9.64. The fourth-order valence-electron chi connectivity index (χ4n) is 0.473. The molecule has 1 aromatic rings. The van der Waals surface area contributed by atoms with Gasteiger partial charge in [0.05, 0.1) is 0 Å². The number of aromatic nitrogens is 3. The van der Waals surface area contributed by atoms with Gasteiger partial charge in [0.1, 0.15) is 0 Å². The van der Waals surface area contributed by atoms with Gasteiger partial charge in [-0.15, -0.1) is 0 Å². The van der Waals surface area contributed by atoms with E-state index < -0.39 is 0 Å². The number of nitrogens with two attached hydrogens (primary N) is 2. The minimum atomic E-state index is -0.0289. The second-order valence-electron chi connectivity index (χ2n) is 1.58. The van der Waals surface area contributed by atoms with E-state index in [1.165, 1.54) is 0 Å². The summed E-state index contributed by atoms with van der Waals surface area (Å²) in [5.74, 6) is -0.0593. The lowest BCUT2D eigenvalue weighted by Gasteiger charge is -2.03. The molecular weight excluding hydrogens is 191 g/mol. The average molecular weight is 195 g/mol. The molecule has 60 valence electrons. The Morgan fingerprint density at radius 3 is 1.82 bits per heavy atom. The minimum absolute atomic E-state index is 0.00154. The molecule has 0 atom stereocenters. The van der Waals surface area contributed by atoms with Crippen molar-refractivity contribution in [1.29, 1.82) is 0 Å². The summed E-state index contributed by atoms with van der Waals surface area (Å²) in [4.78, 5) is 10.6. The largest absolute Gasteiger partial charge is 0.368 e. The van der Waals surface area contributed by atoms with Crippen molar-refractivity contribution < 1.29 is 0 Å². The molecule has 0 spiro atoms. The van der Waals surface area contributed by atoms with Gasteiger partial charge >= 0.3 is 0 Å². The van der Waals surface area contributed by atoms with Crippen LogP contribution in [0.2, 0.25) is 0 Å². The van der Waals surface area contributed by atoms with Gasteiger partial charge in [-0.2, -0.15) is 18.9 Å². The summed E-state index contributed by atoms with van der Waals surface area (Å²) in [5, 5.41) is 0. The molecule has 0 aliphatic carbocycles. The summed E-state index contributed by atoms with van der Waals surface area (Å²) in [6.45, 7) is 0. The smallest absolute Gasteiger partial charge is 0.262 e. The lowest BCUT2D eigenvalue weighted by Crippen LogP contribution is -2.07. The summed E-state index contributed by atoms with van der Waals surface area (Å²) in [5.41, 5.74) is 10.4.